The summed E-state index contributed by atoms with van der Waals surface area (Å²) in [5.74, 6) is 0.00950. The fraction of sp³-hybridized carbons (Fsp3) is 0.0625. The molecule has 0 saturated carbocycles. The van der Waals surface area contributed by atoms with E-state index in [1.54, 1.807) is 17.6 Å². The van der Waals surface area contributed by atoms with Gasteiger partial charge in [-0.25, -0.2) is 0 Å². The van der Waals surface area contributed by atoms with Gasteiger partial charge < -0.3 is 10.5 Å². The number of nitriles is 1. The molecule has 98 valence electrons. The number of nitrogens with zero attached hydrogens (tertiary/aromatic N) is 1. The van der Waals surface area contributed by atoms with Crippen LogP contribution in [0.4, 0.5) is 0 Å². The first-order chi connectivity index (χ1) is 9.81. The van der Waals surface area contributed by atoms with Crippen LogP contribution in [0.25, 0.3) is 5.57 Å². The summed E-state index contributed by atoms with van der Waals surface area (Å²) in [5, 5.41) is 11.4. The highest BCUT2D eigenvalue weighted by atomic mass is 32.1. The van der Waals surface area contributed by atoms with Crippen molar-refractivity contribution in [2.24, 2.45) is 5.73 Å². The van der Waals surface area contributed by atoms with Gasteiger partial charge in [-0.15, -0.1) is 11.3 Å². The minimum atomic E-state index is -0.173. The molecule has 0 saturated heterocycles. The van der Waals surface area contributed by atoms with Crippen molar-refractivity contribution in [3.8, 4) is 6.07 Å². The molecule has 3 rings (SSSR count). The molecule has 0 amide bonds. The van der Waals surface area contributed by atoms with Crippen molar-refractivity contribution < 1.29 is 4.74 Å². The molecule has 1 aromatic carbocycles. The zero-order chi connectivity index (χ0) is 13.9. The fourth-order valence-electron chi connectivity index (χ4n) is 2.31. The highest BCUT2D eigenvalue weighted by Crippen LogP contribution is 2.42. The Morgan fingerprint density at radius 3 is 2.60 bits per heavy atom. The Hall–Kier alpha value is -2.51. The Morgan fingerprint density at radius 2 is 1.95 bits per heavy atom. The summed E-state index contributed by atoms with van der Waals surface area (Å²) < 4.78 is 5.35. The van der Waals surface area contributed by atoms with Crippen LogP contribution in [0.5, 0.6) is 0 Å². The number of hydrogen-bond acceptors (Lipinski definition) is 4. The normalized spacial score (nSPS) is 18.1. The van der Waals surface area contributed by atoms with Crippen LogP contribution in [0.3, 0.4) is 0 Å². The Bertz CT molecular complexity index is 709. The Labute approximate surface area is 121 Å². The lowest BCUT2D eigenvalue weighted by molar-refractivity contribution is 0.333. The lowest BCUT2D eigenvalue weighted by Crippen LogP contribution is -2.16. The minimum absolute atomic E-state index is 0.173. The summed E-state index contributed by atoms with van der Waals surface area (Å²) in [4.78, 5) is 1.08. The van der Waals surface area contributed by atoms with Gasteiger partial charge in [0.1, 0.15) is 11.6 Å². The van der Waals surface area contributed by atoms with Gasteiger partial charge in [-0.2, -0.15) is 5.26 Å². The maximum absolute atomic E-state index is 9.42. The lowest BCUT2D eigenvalue weighted by Gasteiger charge is -2.24. The van der Waals surface area contributed by atoms with Gasteiger partial charge in [-0.1, -0.05) is 36.4 Å². The van der Waals surface area contributed by atoms with Crippen molar-refractivity contribution in [2.75, 3.05) is 0 Å². The Kier molecular flexibility index (Phi) is 3.28. The number of rotatable bonds is 2. The predicted octanol–water partition coefficient (Wildman–Crippen LogP) is 3.60. The maximum atomic E-state index is 9.42. The lowest BCUT2D eigenvalue weighted by atomic mass is 9.84. The third kappa shape index (κ3) is 2.09. The van der Waals surface area contributed by atoms with Crippen LogP contribution >= 0.6 is 11.3 Å². The molecule has 2 aromatic rings. The molecule has 1 aliphatic heterocycles. The zero-order valence-electron chi connectivity index (χ0n) is 10.6. The number of thiophene rings is 1. The molecule has 2 heterocycles. The van der Waals surface area contributed by atoms with Crippen LogP contribution in [-0.4, -0.2) is 0 Å². The SMILES string of the molecule is N#CC1=C(N)OC=C(c2cccs2)C1c1ccccc1. The topological polar surface area (TPSA) is 59.0 Å². The van der Waals surface area contributed by atoms with Crippen molar-refractivity contribution in [3.05, 3.63) is 76.0 Å². The molecule has 2 N–H and O–H groups in total. The van der Waals surface area contributed by atoms with E-state index in [0.717, 1.165) is 16.0 Å². The van der Waals surface area contributed by atoms with Gasteiger partial charge in [0.25, 0.3) is 0 Å². The van der Waals surface area contributed by atoms with Gasteiger partial charge in [-0.05, 0) is 17.0 Å². The highest BCUT2D eigenvalue weighted by Gasteiger charge is 2.29. The average molecular weight is 280 g/mol. The zero-order valence-corrected chi connectivity index (χ0v) is 11.4. The summed E-state index contributed by atoms with van der Waals surface area (Å²) in [7, 11) is 0. The molecule has 3 nitrogen and oxygen atoms in total. The second-order valence-electron chi connectivity index (χ2n) is 4.40. The third-order valence-electron chi connectivity index (χ3n) is 3.24. The first-order valence-corrected chi connectivity index (χ1v) is 7.04. The molecule has 0 spiro atoms. The van der Waals surface area contributed by atoms with Crippen LogP contribution in [-0.2, 0) is 4.74 Å². The first kappa shape index (κ1) is 12.5. The summed E-state index contributed by atoms with van der Waals surface area (Å²) in [5.41, 5.74) is 8.29. The van der Waals surface area contributed by atoms with Gasteiger partial charge in [0, 0.05) is 10.5 Å². The van der Waals surface area contributed by atoms with Gasteiger partial charge >= 0.3 is 0 Å². The molecule has 4 heteroatoms. The standard InChI is InChI=1S/C16H12N2OS/c17-9-12-15(11-5-2-1-3-6-11)13(10-19-16(12)18)14-7-4-8-20-14/h1-8,10,15H,18H2. The van der Waals surface area contributed by atoms with Gasteiger partial charge in [0.2, 0.25) is 5.88 Å². The van der Waals surface area contributed by atoms with E-state index in [2.05, 4.69) is 6.07 Å². The fourth-order valence-corrected chi connectivity index (χ4v) is 3.07. The predicted molar refractivity (Wildman–Crippen MR) is 79.4 cm³/mol. The quantitative estimate of drug-likeness (QED) is 0.914. The molecule has 1 atom stereocenters. The van der Waals surface area contributed by atoms with E-state index in [1.807, 2.05) is 47.8 Å². The minimum Gasteiger partial charge on any atom is -0.448 e. The molecule has 0 bridgehead atoms. The van der Waals surface area contributed by atoms with Crippen molar-refractivity contribution in [1.82, 2.24) is 0 Å². The molecule has 1 unspecified atom stereocenters. The average Bonchev–Trinajstić information content (AvgIpc) is 3.02. The van der Waals surface area contributed by atoms with E-state index in [4.69, 9.17) is 10.5 Å². The second-order valence-corrected chi connectivity index (χ2v) is 5.35. The van der Waals surface area contributed by atoms with Crippen LogP contribution in [0.1, 0.15) is 16.4 Å². The summed E-state index contributed by atoms with van der Waals surface area (Å²) >= 11 is 1.62. The van der Waals surface area contributed by atoms with Crippen molar-refractivity contribution in [3.63, 3.8) is 0 Å². The Balaban J connectivity index is 2.14. The second kappa shape index (κ2) is 5.24. The number of nitrogens with two attached hydrogens (primary N) is 1. The first-order valence-electron chi connectivity index (χ1n) is 6.16. The molecule has 1 aliphatic rings. The Morgan fingerprint density at radius 1 is 1.15 bits per heavy atom. The monoisotopic (exact) mass is 280 g/mol. The molecule has 20 heavy (non-hydrogen) atoms. The van der Waals surface area contributed by atoms with Gasteiger partial charge in [0.05, 0.1) is 12.2 Å². The molecule has 0 radical (unpaired) electrons. The molecule has 1 aromatic heterocycles. The van der Waals surface area contributed by atoms with Crippen LogP contribution < -0.4 is 5.73 Å². The molecule has 0 aliphatic carbocycles. The van der Waals surface area contributed by atoms with E-state index in [1.165, 1.54) is 0 Å². The molecule has 0 fully saturated rings. The number of allylic oxidation sites excluding steroid dienone is 2. The van der Waals surface area contributed by atoms with Crippen molar-refractivity contribution in [2.45, 2.75) is 5.92 Å². The van der Waals surface area contributed by atoms with Crippen LogP contribution in [0.2, 0.25) is 0 Å². The number of benzene rings is 1. The summed E-state index contributed by atoms with van der Waals surface area (Å²) in [6.07, 6.45) is 1.65. The number of hydrogen-bond donors (Lipinski definition) is 1. The summed E-state index contributed by atoms with van der Waals surface area (Å²) in [6.45, 7) is 0. The van der Waals surface area contributed by atoms with E-state index in [-0.39, 0.29) is 11.8 Å². The van der Waals surface area contributed by atoms with E-state index in [9.17, 15) is 5.26 Å². The third-order valence-corrected chi connectivity index (χ3v) is 4.16. The summed E-state index contributed by atoms with van der Waals surface area (Å²) in [6, 6.07) is 16.1. The largest absolute Gasteiger partial charge is 0.448 e. The van der Waals surface area contributed by atoms with Crippen LogP contribution in [0.15, 0.2) is 65.6 Å². The van der Waals surface area contributed by atoms with E-state index in [0.29, 0.717) is 5.57 Å². The van der Waals surface area contributed by atoms with Crippen molar-refractivity contribution in [1.29, 1.82) is 5.26 Å². The van der Waals surface area contributed by atoms with Gasteiger partial charge in [-0.3, -0.25) is 0 Å². The van der Waals surface area contributed by atoms with E-state index >= 15 is 0 Å². The smallest absolute Gasteiger partial charge is 0.204 e. The van der Waals surface area contributed by atoms with Gasteiger partial charge in [0.15, 0.2) is 0 Å². The van der Waals surface area contributed by atoms with Crippen molar-refractivity contribution >= 4 is 16.9 Å². The molecular weight excluding hydrogens is 268 g/mol. The number of ether oxygens (including phenoxy) is 1. The maximum Gasteiger partial charge on any atom is 0.204 e. The van der Waals surface area contributed by atoms with Crippen LogP contribution in [0, 0.1) is 11.3 Å². The molecular formula is C16H12N2OS. The van der Waals surface area contributed by atoms with E-state index < -0.39 is 0 Å². The highest BCUT2D eigenvalue weighted by molar-refractivity contribution is 7.11.